The first-order chi connectivity index (χ1) is 14.6. The van der Waals surface area contributed by atoms with Crippen molar-refractivity contribution in [3.8, 4) is 5.75 Å². The first-order valence-electron chi connectivity index (χ1n) is 9.93. The third-order valence-electron chi connectivity index (χ3n) is 5.16. The summed E-state index contributed by atoms with van der Waals surface area (Å²) in [6.07, 6.45) is 1.15. The number of nitrogens with one attached hydrogen (secondary N) is 1. The maximum absolute atomic E-state index is 12.9. The van der Waals surface area contributed by atoms with E-state index in [9.17, 15) is 9.59 Å². The lowest BCUT2D eigenvalue weighted by atomic mass is 10.1. The van der Waals surface area contributed by atoms with Crippen LogP contribution >= 0.6 is 11.3 Å². The minimum absolute atomic E-state index is 0.0348. The first kappa shape index (κ1) is 20.1. The molecule has 1 aliphatic rings. The van der Waals surface area contributed by atoms with Gasteiger partial charge in [-0.3, -0.25) is 9.59 Å². The molecule has 0 bridgehead atoms. The fourth-order valence-electron chi connectivity index (χ4n) is 3.44. The Kier molecular flexibility index (Phi) is 6.09. The summed E-state index contributed by atoms with van der Waals surface area (Å²) >= 11 is 1.51. The molecule has 1 saturated heterocycles. The van der Waals surface area contributed by atoms with E-state index in [2.05, 4.69) is 17.2 Å². The fraction of sp³-hybridized carbons (Fsp3) is 0.261. The van der Waals surface area contributed by atoms with E-state index in [1.807, 2.05) is 47.8 Å². The Labute approximate surface area is 179 Å². The summed E-state index contributed by atoms with van der Waals surface area (Å²) in [4.78, 5) is 31.3. The van der Waals surface area contributed by atoms with Gasteiger partial charge < -0.3 is 15.0 Å². The molecule has 0 spiro atoms. The van der Waals surface area contributed by atoms with Crippen LogP contribution in [-0.2, 0) is 22.6 Å². The van der Waals surface area contributed by atoms with Crippen molar-refractivity contribution in [3.63, 3.8) is 0 Å². The van der Waals surface area contributed by atoms with Crippen molar-refractivity contribution in [1.29, 1.82) is 0 Å². The number of thiazole rings is 1. The Morgan fingerprint density at radius 3 is 2.77 bits per heavy atom. The predicted molar refractivity (Wildman–Crippen MR) is 118 cm³/mol. The molecule has 154 valence electrons. The van der Waals surface area contributed by atoms with Crippen molar-refractivity contribution >= 4 is 34.5 Å². The number of anilines is 2. The molecule has 1 aromatic heterocycles. The van der Waals surface area contributed by atoms with Crippen molar-refractivity contribution in [3.05, 3.63) is 70.7 Å². The van der Waals surface area contributed by atoms with Crippen molar-refractivity contribution < 1.29 is 14.3 Å². The number of hydrogen-bond donors (Lipinski definition) is 1. The molecule has 1 atom stereocenters. The summed E-state index contributed by atoms with van der Waals surface area (Å²) in [5.41, 5.74) is 5.24. The van der Waals surface area contributed by atoms with Gasteiger partial charge in [0.05, 0.1) is 22.8 Å². The summed E-state index contributed by atoms with van der Waals surface area (Å²) in [5, 5.41) is 4.86. The summed E-state index contributed by atoms with van der Waals surface area (Å²) < 4.78 is 5.83. The van der Waals surface area contributed by atoms with Crippen LogP contribution in [0, 0.1) is 5.92 Å². The molecule has 1 aliphatic heterocycles. The largest absolute Gasteiger partial charge is 0.485 e. The van der Waals surface area contributed by atoms with Gasteiger partial charge in [0.2, 0.25) is 11.8 Å². The summed E-state index contributed by atoms with van der Waals surface area (Å²) in [6, 6.07) is 15.2. The summed E-state index contributed by atoms with van der Waals surface area (Å²) in [7, 11) is 0. The van der Waals surface area contributed by atoms with Gasteiger partial charge in [0.25, 0.3) is 0 Å². The molecule has 1 fully saturated rings. The Morgan fingerprint density at radius 2 is 2.03 bits per heavy atom. The van der Waals surface area contributed by atoms with Crippen LogP contribution < -0.4 is 15.0 Å². The highest BCUT2D eigenvalue weighted by molar-refractivity contribution is 7.07. The zero-order valence-corrected chi connectivity index (χ0v) is 17.5. The highest BCUT2D eigenvalue weighted by Gasteiger charge is 2.35. The highest BCUT2D eigenvalue weighted by Crippen LogP contribution is 2.29. The molecular formula is C23H23N3O3S. The zero-order valence-electron chi connectivity index (χ0n) is 16.7. The minimum Gasteiger partial charge on any atom is -0.485 e. The molecule has 2 aromatic carbocycles. The number of nitrogens with zero attached hydrogens (tertiary/aromatic N) is 2. The predicted octanol–water partition coefficient (Wildman–Crippen LogP) is 4.28. The SMILES string of the molecule is CCc1ccc(N2CC(C(=O)Nc3ccccc3OCc3cscn3)CC2=O)cc1. The van der Waals surface area contributed by atoms with Gasteiger partial charge in [-0.25, -0.2) is 4.98 Å². The molecule has 1 N–H and O–H groups in total. The third kappa shape index (κ3) is 4.52. The average Bonchev–Trinajstić information content (AvgIpc) is 3.43. The van der Waals surface area contributed by atoms with Crippen LogP contribution in [0.2, 0.25) is 0 Å². The van der Waals surface area contributed by atoms with Gasteiger partial charge in [0, 0.05) is 24.0 Å². The molecule has 1 unspecified atom stereocenters. The summed E-state index contributed by atoms with van der Waals surface area (Å²) in [5.74, 6) is -0.0432. The van der Waals surface area contributed by atoms with E-state index in [0.29, 0.717) is 24.6 Å². The van der Waals surface area contributed by atoms with E-state index in [4.69, 9.17) is 4.74 Å². The van der Waals surface area contributed by atoms with Crippen molar-refractivity contribution in [2.75, 3.05) is 16.8 Å². The first-order valence-corrected chi connectivity index (χ1v) is 10.9. The van der Waals surface area contributed by atoms with Gasteiger partial charge in [-0.2, -0.15) is 0 Å². The van der Waals surface area contributed by atoms with Crippen LogP contribution in [0.3, 0.4) is 0 Å². The molecular weight excluding hydrogens is 398 g/mol. The van der Waals surface area contributed by atoms with Crippen LogP contribution in [0.25, 0.3) is 0 Å². The summed E-state index contributed by atoms with van der Waals surface area (Å²) in [6.45, 7) is 2.80. The van der Waals surface area contributed by atoms with Gasteiger partial charge >= 0.3 is 0 Å². The zero-order chi connectivity index (χ0) is 20.9. The lowest BCUT2D eigenvalue weighted by Gasteiger charge is -2.17. The molecule has 30 heavy (non-hydrogen) atoms. The number of carbonyl (C=O) groups is 2. The monoisotopic (exact) mass is 421 g/mol. The van der Waals surface area contributed by atoms with E-state index < -0.39 is 5.92 Å². The normalized spacial score (nSPS) is 16.0. The second-order valence-corrected chi connectivity index (χ2v) is 7.90. The molecule has 0 saturated carbocycles. The van der Waals surface area contributed by atoms with Crippen LogP contribution in [0.5, 0.6) is 5.75 Å². The second kappa shape index (κ2) is 9.09. The van der Waals surface area contributed by atoms with E-state index in [1.54, 1.807) is 16.5 Å². The maximum atomic E-state index is 12.9. The Hall–Kier alpha value is -3.19. The number of amides is 2. The van der Waals surface area contributed by atoms with E-state index >= 15 is 0 Å². The minimum atomic E-state index is -0.407. The van der Waals surface area contributed by atoms with Crippen LogP contribution in [0.1, 0.15) is 24.6 Å². The quantitative estimate of drug-likeness (QED) is 0.618. The Bertz CT molecular complexity index is 1020. The van der Waals surface area contributed by atoms with Crippen molar-refractivity contribution in [2.24, 2.45) is 5.92 Å². The molecule has 3 aromatic rings. The molecule has 0 aliphatic carbocycles. The van der Waals surface area contributed by atoms with Gasteiger partial charge in [-0.15, -0.1) is 11.3 Å². The maximum Gasteiger partial charge on any atom is 0.229 e. The number of carbonyl (C=O) groups excluding carboxylic acids is 2. The fourth-order valence-corrected chi connectivity index (χ4v) is 3.98. The van der Waals surface area contributed by atoms with Crippen LogP contribution in [0.4, 0.5) is 11.4 Å². The third-order valence-corrected chi connectivity index (χ3v) is 5.79. The molecule has 7 heteroatoms. The topological polar surface area (TPSA) is 71.5 Å². The number of aromatic nitrogens is 1. The molecule has 2 amide bonds. The standard InChI is InChI=1S/C23H23N3O3S/c1-2-16-7-9-19(10-8-16)26-12-17(11-22(26)27)23(28)25-20-5-3-4-6-21(20)29-13-18-14-30-15-24-18/h3-10,14-15,17H,2,11-13H2,1H3,(H,25,28). The van der Waals surface area contributed by atoms with Crippen molar-refractivity contribution in [1.82, 2.24) is 4.98 Å². The smallest absolute Gasteiger partial charge is 0.229 e. The average molecular weight is 422 g/mol. The number of para-hydroxylation sites is 2. The van der Waals surface area contributed by atoms with E-state index in [-0.39, 0.29) is 18.2 Å². The number of aryl methyl sites for hydroxylation is 1. The van der Waals surface area contributed by atoms with Gasteiger partial charge in [-0.05, 0) is 36.2 Å². The van der Waals surface area contributed by atoms with Crippen LogP contribution in [0.15, 0.2) is 59.4 Å². The number of hydrogen-bond acceptors (Lipinski definition) is 5. The number of rotatable bonds is 7. The molecule has 2 heterocycles. The Balaban J connectivity index is 1.41. The molecule has 4 rings (SSSR count). The van der Waals surface area contributed by atoms with Gasteiger partial charge in [0.15, 0.2) is 0 Å². The molecule has 0 radical (unpaired) electrons. The Morgan fingerprint density at radius 1 is 1.23 bits per heavy atom. The van der Waals surface area contributed by atoms with Crippen molar-refractivity contribution in [2.45, 2.75) is 26.4 Å². The van der Waals surface area contributed by atoms with Gasteiger partial charge in [0.1, 0.15) is 12.4 Å². The number of benzene rings is 2. The van der Waals surface area contributed by atoms with E-state index in [1.165, 1.54) is 16.9 Å². The van der Waals surface area contributed by atoms with Crippen LogP contribution in [-0.4, -0.2) is 23.3 Å². The highest BCUT2D eigenvalue weighted by atomic mass is 32.1. The van der Waals surface area contributed by atoms with Gasteiger partial charge in [-0.1, -0.05) is 31.2 Å². The second-order valence-electron chi connectivity index (χ2n) is 7.18. The molecule has 6 nitrogen and oxygen atoms in total. The lowest BCUT2D eigenvalue weighted by molar-refractivity contribution is -0.122. The number of ether oxygens (including phenoxy) is 1. The van der Waals surface area contributed by atoms with E-state index in [0.717, 1.165) is 17.8 Å². The lowest BCUT2D eigenvalue weighted by Crippen LogP contribution is -2.28.